The maximum absolute atomic E-state index is 6.19. The summed E-state index contributed by atoms with van der Waals surface area (Å²) in [6.07, 6.45) is 5.19. The second-order valence-electron chi connectivity index (χ2n) is 6.67. The van der Waals surface area contributed by atoms with Gasteiger partial charge < -0.3 is 10.6 Å². The standard InChI is InChI=1S/C16H34N4/c1-4-19-11-8-16(14-17,9-12-19)18(3)13-15-7-6-10-20(15)5-2/h15H,4-14,17H2,1-3H3. The van der Waals surface area contributed by atoms with Gasteiger partial charge in [0.1, 0.15) is 0 Å². The van der Waals surface area contributed by atoms with E-state index in [4.69, 9.17) is 5.73 Å². The largest absolute Gasteiger partial charge is 0.329 e. The van der Waals surface area contributed by atoms with Crippen molar-refractivity contribution in [2.75, 3.05) is 52.9 Å². The number of hydrogen-bond acceptors (Lipinski definition) is 4. The molecule has 2 rings (SSSR count). The van der Waals surface area contributed by atoms with Gasteiger partial charge in [0.2, 0.25) is 0 Å². The van der Waals surface area contributed by atoms with Crippen LogP contribution >= 0.6 is 0 Å². The molecular formula is C16H34N4. The average Bonchev–Trinajstić information content (AvgIpc) is 2.94. The molecule has 0 amide bonds. The average molecular weight is 282 g/mol. The molecule has 0 aliphatic carbocycles. The van der Waals surface area contributed by atoms with E-state index in [1.165, 1.54) is 65.0 Å². The summed E-state index contributed by atoms with van der Waals surface area (Å²) in [6.45, 7) is 12.6. The lowest BCUT2D eigenvalue weighted by Crippen LogP contribution is -2.60. The number of hydrogen-bond donors (Lipinski definition) is 1. The Kier molecular flexibility index (Phi) is 5.84. The molecule has 0 saturated carbocycles. The van der Waals surface area contributed by atoms with Crippen molar-refractivity contribution in [3.8, 4) is 0 Å². The second-order valence-corrected chi connectivity index (χ2v) is 6.67. The molecule has 0 aromatic carbocycles. The molecule has 4 nitrogen and oxygen atoms in total. The van der Waals surface area contributed by atoms with E-state index in [1.807, 2.05) is 0 Å². The van der Waals surface area contributed by atoms with Crippen molar-refractivity contribution in [2.45, 2.75) is 51.1 Å². The van der Waals surface area contributed by atoms with Crippen LogP contribution in [0.4, 0.5) is 0 Å². The van der Waals surface area contributed by atoms with Crippen LogP contribution in [-0.4, -0.2) is 79.1 Å². The fourth-order valence-electron chi connectivity index (χ4n) is 4.06. The van der Waals surface area contributed by atoms with Gasteiger partial charge in [-0.15, -0.1) is 0 Å². The molecule has 1 atom stereocenters. The van der Waals surface area contributed by atoms with Gasteiger partial charge in [-0.3, -0.25) is 9.80 Å². The highest BCUT2D eigenvalue weighted by molar-refractivity contribution is 4.97. The molecule has 2 N–H and O–H groups in total. The van der Waals surface area contributed by atoms with E-state index in [-0.39, 0.29) is 5.54 Å². The molecule has 2 saturated heterocycles. The van der Waals surface area contributed by atoms with Crippen molar-refractivity contribution in [3.63, 3.8) is 0 Å². The van der Waals surface area contributed by atoms with Crippen LogP contribution in [0.5, 0.6) is 0 Å². The molecule has 2 heterocycles. The summed E-state index contributed by atoms with van der Waals surface area (Å²) in [5.41, 5.74) is 6.44. The van der Waals surface area contributed by atoms with Gasteiger partial charge in [-0.05, 0) is 65.5 Å². The van der Waals surface area contributed by atoms with Gasteiger partial charge in [0, 0.05) is 24.7 Å². The summed E-state index contributed by atoms with van der Waals surface area (Å²) in [4.78, 5) is 7.79. The van der Waals surface area contributed by atoms with Gasteiger partial charge in [0.15, 0.2) is 0 Å². The van der Waals surface area contributed by atoms with E-state index in [9.17, 15) is 0 Å². The van der Waals surface area contributed by atoms with Crippen molar-refractivity contribution in [2.24, 2.45) is 5.73 Å². The highest BCUT2D eigenvalue weighted by atomic mass is 15.3. The second kappa shape index (κ2) is 7.21. The summed E-state index contributed by atoms with van der Waals surface area (Å²) in [6, 6.07) is 0.748. The molecule has 20 heavy (non-hydrogen) atoms. The lowest BCUT2D eigenvalue weighted by Gasteiger charge is -2.48. The quantitative estimate of drug-likeness (QED) is 0.794. The van der Waals surface area contributed by atoms with Crippen molar-refractivity contribution in [1.82, 2.24) is 14.7 Å². The minimum atomic E-state index is 0.244. The third kappa shape index (κ3) is 3.35. The topological polar surface area (TPSA) is 35.7 Å². The minimum Gasteiger partial charge on any atom is -0.329 e. The maximum Gasteiger partial charge on any atom is 0.0353 e. The Labute approximate surface area is 125 Å². The Balaban J connectivity index is 1.93. The van der Waals surface area contributed by atoms with E-state index in [1.54, 1.807) is 0 Å². The minimum absolute atomic E-state index is 0.244. The van der Waals surface area contributed by atoms with Crippen molar-refractivity contribution < 1.29 is 0 Å². The Morgan fingerprint density at radius 2 is 1.85 bits per heavy atom. The zero-order chi connectivity index (χ0) is 14.6. The molecule has 0 aromatic rings. The van der Waals surface area contributed by atoms with Gasteiger partial charge >= 0.3 is 0 Å². The first-order valence-corrected chi connectivity index (χ1v) is 8.53. The number of nitrogens with two attached hydrogens (primary N) is 1. The van der Waals surface area contributed by atoms with E-state index in [0.717, 1.165) is 12.6 Å². The Morgan fingerprint density at radius 1 is 1.15 bits per heavy atom. The monoisotopic (exact) mass is 282 g/mol. The predicted molar refractivity (Wildman–Crippen MR) is 86.0 cm³/mol. The Hall–Kier alpha value is -0.160. The van der Waals surface area contributed by atoms with Gasteiger partial charge in [0.05, 0.1) is 0 Å². The first-order valence-electron chi connectivity index (χ1n) is 8.53. The predicted octanol–water partition coefficient (Wildman–Crippen LogP) is 1.22. The molecule has 2 fully saturated rings. The first-order chi connectivity index (χ1) is 9.65. The number of piperidine rings is 1. The molecular weight excluding hydrogens is 248 g/mol. The lowest BCUT2D eigenvalue weighted by molar-refractivity contribution is 0.0316. The van der Waals surface area contributed by atoms with Crippen LogP contribution in [0.3, 0.4) is 0 Å². The third-order valence-electron chi connectivity index (χ3n) is 5.81. The fourth-order valence-corrected chi connectivity index (χ4v) is 4.06. The van der Waals surface area contributed by atoms with Crippen LogP contribution in [0.25, 0.3) is 0 Å². The van der Waals surface area contributed by atoms with E-state index in [2.05, 4.69) is 35.6 Å². The molecule has 4 heteroatoms. The Morgan fingerprint density at radius 3 is 2.40 bits per heavy atom. The van der Waals surface area contributed by atoms with Gasteiger partial charge in [-0.1, -0.05) is 13.8 Å². The van der Waals surface area contributed by atoms with Gasteiger partial charge in [0.25, 0.3) is 0 Å². The third-order valence-corrected chi connectivity index (χ3v) is 5.81. The van der Waals surface area contributed by atoms with Crippen LogP contribution in [0.1, 0.15) is 39.5 Å². The summed E-state index contributed by atoms with van der Waals surface area (Å²) < 4.78 is 0. The smallest absolute Gasteiger partial charge is 0.0353 e. The van der Waals surface area contributed by atoms with Gasteiger partial charge in [-0.25, -0.2) is 0 Å². The SMILES string of the molecule is CCN1CCC(CN)(N(C)CC2CCCN2CC)CC1. The molecule has 0 spiro atoms. The van der Waals surface area contributed by atoms with Crippen LogP contribution in [0.15, 0.2) is 0 Å². The maximum atomic E-state index is 6.19. The fraction of sp³-hybridized carbons (Fsp3) is 1.00. The highest BCUT2D eigenvalue weighted by Gasteiger charge is 2.38. The number of likely N-dealkylation sites (N-methyl/N-ethyl adjacent to an activating group) is 2. The van der Waals surface area contributed by atoms with Crippen LogP contribution in [-0.2, 0) is 0 Å². The van der Waals surface area contributed by atoms with Crippen molar-refractivity contribution in [1.29, 1.82) is 0 Å². The van der Waals surface area contributed by atoms with E-state index in [0.29, 0.717) is 0 Å². The van der Waals surface area contributed by atoms with E-state index < -0.39 is 0 Å². The molecule has 2 aliphatic rings. The normalized spacial score (nSPS) is 28.4. The zero-order valence-corrected chi connectivity index (χ0v) is 13.8. The van der Waals surface area contributed by atoms with E-state index >= 15 is 0 Å². The van der Waals surface area contributed by atoms with Crippen LogP contribution < -0.4 is 5.73 Å². The van der Waals surface area contributed by atoms with Crippen molar-refractivity contribution >= 4 is 0 Å². The number of rotatable bonds is 6. The molecule has 1 unspecified atom stereocenters. The Bertz CT molecular complexity index is 286. The molecule has 0 aromatic heterocycles. The van der Waals surface area contributed by atoms with Crippen LogP contribution in [0, 0.1) is 0 Å². The van der Waals surface area contributed by atoms with Gasteiger partial charge in [-0.2, -0.15) is 0 Å². The summed E-state index contributed by atoms with van der Waals surface area (Å²) >= 11 is 0. The van der Waals surface area contributed by atoms with Crippen LogP contribution in [0.2, 0.25) is 0 Å². The molecule has 0 bridgehead atoms. The summed E-state index contributed by atoms with van der Waals surface area (Å²) in [5, 5.41) is 0. The number of nitrogens with zero attached hydrogens (tertiary/aromatic N) is 3. The molecule has 118 valence electrons. The molecule has 2 aliphatic heterocycles. The lowest BCUT2D eigenvalue weighted by atomic mass is 9.85. The first kappa shape index (κ1) is 16.2. The zero-order valence-electron chi connectivity index (χ0n) is 13.8. The summed E-state index contributed by atoms with van der Waals surface area (Å²) in [5.74, 6) is 0. The molecule has 0 radical (unpaired) electrons. The number of likely N-dealkylation sites (tertiary alicyclic amines) is 2. The van der Waals surface area contributed by atoms with Crippen molar-refractivity contribution in [3.05, 3.63) is 0 Å². The summed E-state index contributed by atoms with van der Waals surface area (Å²) in [7, 11) is 2.31. The highest BCUT2D eigenvalue weighted by Crippen LogP contribution is 2.29.